The lowest BCUT2D eigenvalue weighted by Gasteiger charge is -2.39. The van der Waals surface area contributed by atoms with Gasteiger partial charge in [0.2, 0.25) is 0 Å². The maximum Gasteiger partial charge on any atom is 0.159 e. The van der Waals surface area contributed by atoms with Gasteiger partial charge in [-0.25, -0.2) is 8.78 Å². The lowest BCUT2D eigenvalue weighted by molar-refractivity contribution is -0.0821. The van der Waals surface area contributed by atoms with Crippen LogP contribution in [0.4, 0.5) is 8.78 Å². The topological polar surface area (TPSA) is 35.2 Å². The highest BCUT2D eigenvalue weighted by Crippen LogP contribution is 2.35. The van der Waals surface area contributed by atoms with Gasteiger partial charge in [0.05, 0.1) is 11.6 Å². The van der Waals surface area contributed by atoms with E-state index in [1.807, 2.05) is 6.92 Å². The van der Waals surface area contributed by atoms with Gasteiger partial charge in [0.1, 0.15) is 0 Å². The van der Waals surface area contributed by atoms with E-state index in [0.717, 1.165) is 31.4 Å². The number of halogens is 2. The summed E-state index contributed by atoms with van der Waals surface area (Å²) in [6.07, 6.45) is 2.92. The number of nitrogens with two attached hydrogens (primary N) is 1. The molecule has 0 amide bonds. The monoisotopic (exact) mass is 241 g/mol. The van der Waals surface area contributed by atoms with Crippen LogP contribution < -0.4 is 5.73 Å². The Bertz CT molecular complexity index is 402. The van der Waals surface area contributed by atoms with Crippen LogP contribution in [-0.2, 0) is 4.74 Å². The van der Waals surface area contributed by atoms with E-state index < -0.39 is 23.3 Å². The highest BCUT2D eigenvalue weighted by Gasteiger charge is 2.35. The largest absolute Gasteiger partial charge is 0.373 e. The number of hydrogen-bond donors (Lipinski definition) is 1. The van der Waals surface area contributed by atoms with Crippen LogP contribution in [0, 0.1) is 11.6 Å². The first-order valence-electron chi connectivity index (χ1n) is 5.87. The predicted octanol–water partition coefficient (Wildman–Crippen LogP) is 2.92. The maximum absolute atomic E-state index is 13.2. The van der Waals surface area contributed by atoms with E-state index in [4.69, 9.17) is 10.5 Å². The van der Waals surface area contributed by atoms with Crippen molar-refractivity contribution in [3.05, 3.63) is 35.4 Å². The second-order valence-corrected chi connectivity index (χ2v) is 4.77. The molecule has 1 fully saturated rings. The summed E-state index contributed by atoms with van der Waals surface area (Å²) in [7, 11) is 0. The molecule has 2 N–H and O–H groups in total. The first-order valence-corrected chi connectivity index (χ1v) is 5.87. The third-order valence-electron chi connectivity index (χ3n) is 3.46. The number of hydrogen-bond acceptors (Lipinski definition) is 2. The van der Waals surface area contributed by atoms with Crippen LogP contribution in [-0.4, -0.2) is 12.2 Å². The van der Waals surface area contributed by atoms with Gasteiger partial charge in [-0.05, 0) is 43.9 Å². The fourth-order valence-corrected chi connectivity index (χ4v) is 2.26. The fraction of sp³-hybridized carbons (Fsp3) is 0.538. The summed E-state index contributed by atoms with van der Waals surface area (Å²) in [6.45, 7) is 2.60. The summed E-state index contributed by atoms with van der Waals surface area (Å²) in [5.41, 5.74) is 6.20. The van der Waals surface area contributed by atoms with Gasteiger partial charge in [-0.2, -0.15) is 0 Å². The second-order valence-electron chi connectivity index (χ2n) is 4.77. The molecule has 1 aliphatic heterocycles. The molecular weight excluding hydrogens is 224 g/mol. The Morgan fingerprint density at radius 1 is 1.29 bits per heavy atom. The van der Waals surface area contributed by atoms with Crippen molar-refractivity contribution >= 4 is 0 Å². The van der Waals surface area contributed by atoms with Crippen molar-refractivity contribution in [3.8, 4) is 0 Å². The molecule has 1 aliphatic rings. The van der Waals surface area contributed by atoms with E-state index in [1.165, 1.54) is 6.07 Å². The summed E-state index contributed by atoms with van der Waals surface area (Å²) in [4.78, 5) is 0. The lowest BCUT2D eigenvalue weighted by atomic mass is 9.85. The van der Waals surface area contributed by atoms with Crippen molar-refractivity contribution in [2.75, 3.05) is 6.61 Å². The molecule has 2 unspecified atom stereocenters. The third kappa shape index (κ3) is 2.48. The Kier molecular flexibility index (Phi) is 3.45. The predicted molar refractivity (Wildman–Crippen MR) is 61.5 cm³/mol. The first-order chi connectivity index (χ1) is 8.03. The summed E-state index contributed by atoms with van der Waals surface area (Å²) in [5, 5.41) is 0. The van der Waals surface area contributed by atoms with E-state index in [0.29, 0.717) is 12.2 Å². The Hall–Kier alpha value is -1.00. The van der Waals surface area contributed by atoms with Crippen molar-refractivity contribution in [1.82, 2.24) is 0 Å². The van der Waals surface area contributed by atoms with Crippen LogP contribution in [0.25, 0.3) is 0 Å². The summed E-state index contributed by atoms with van der Waals surface area (Å²) in [5.74, 6) is -1.71. The van der Waals surface area contributed by atoms with Crippen molar-refractivity contribution in [2.45, 2.75) is 37.8 Å². The zero-order valence-corrected chi connectivity index (χ0v) is 9.88. The van der Waals surface area contributed by atoms with Crippen LogP contribution in [0.1, 0.15) is 37.8 Å². The smallest absolute Gasteiger partial charge is 0.159 e. The van der Waals surface area contributed by atoms with Crippen LogP contribution in [0.3, 0.4) is 0 Å². The first kappa shape index (κ1) is 12.5. The Balaban J connectivity index is 2.23. The molecule has 1 aromatic carbocycles. The number of ether oxygens (including phenoxy) is 1. The molecule has 0 bridgehead atoms. The SMILES string of the molecule is CC1(C(N)c2ccc(F)c(F)c2)CCCCO1. The highest BCUT2D eigenvalue weighted by atomic mass is 19.2. The molecule has 2 nitrogen and oxygen atoms in total. The summed E-state index contributed by atoms with van der Waals surface area (Å²) in [6, 6.07) is 3.35. The van der Waals surface area contributed by atoms with Crippen LogP contribution >= 0.6 is 0 Å². The summed E-state index contributed by atoms with van der Waals surface area (Å²) >= 11 is 0. The average molecular weight is 241 g/mol. The van der Waals surface area contributed by atoms with Gasteiger partial charge >= 0.3 is 0 Å². The van der Waals surface area contributed by atoms with Crippen molar-refractivity contribution in [2.24, 2.45) is 5.73 Å². The third-order valence-corrected chi connectivity index (χ3v) is 3.46. The molecule has 1 heterocycles. The molecule has 1 aromatic rings. The van der Waals surface area contributed by atoms with E-state index in [9.17, 15) is 8.78 Å². The molecule has 0 saturated carbocycles. The highest BCUT2D eigenvalue weighted by molar-refractivity contribution is 5.23. The maximum atomic E-state index is 13.2. The number of rotatable bonds is 2. The minimum Gasteiger partial charge on any atom is -0.373 e. The average Bonchev–Trinajstić information content (AvgIpc) is 2.33. The molecule has 0 spiro atoms. The molecule has 4 heteroatoms. The second kappa shape index (κ2) is 4.70. The van der Waals surface area contributed by atoms with E-state index in [-0.39, 0.29) is 0 Å². The zero-order chi connectivity index (χ0) is 12.5. The molecule has 94 valence electrons. The minimum atomic E-state index is -0.864. The normalized spacial score (nSPS) is 26.8. The summed E-state index contributed by atoms with van der Waals surface area (Å²) < 4.78 is 31.7. The van der Waals surface area contributed by atoms with Gasteiger partial charge in [0.25, 0.3) is 0 Å². The molecule has 2 atom stereocenters. The molecule has 0 aromatic heterocycles. The van der Waals surface area contributed by atoms with E-state index in [1.54, 1.807) is 0 Å². The Labute approximate surface area is 99.8 Å². The molecule has 0 aliphatic carbocycles. The Morgan fingerprint density at radius 2 is 2.06 bits per heavy atom. The zero-order valence-electron chi connectivity index (χ0n) is 9.88. The van der Waals surface area contributed by atoms with Gasteiger partial charge in [0, 0.05) is 6.61 Å². The lowest BCUT2D eigenvalue weighted by Crippen LogP contribution is -2.43. The molecule has 1 saturated heterocycles. The molecular formula is C13H17F2NO. The number of benzene rings is 1. The standard InChI is InChI=1S/C13H17F2NO/c1-13(6-2-3-7-17-13)12(16)9-4-5-10(14)11(15)8-9/h4-5,8,12H,2-3,6-7,16H2,1H3. The van der Waals surface area contributed by atoms with Crippen LogP contribution in [0.5, 0.6) is 0 Å². The van der Waals surface area contributed by atoms with Gasteiger partial charge in [0.15, 0.2) is 11.6 Å². The minimum absolute atomic E-state index is 0.433. The molecule has 17 heavy (non-hydrogen) atoms. The van der Waals surface area contributed by atoms with Crippen LogP contribution in [0.2, 0.25) is 0 Å². The van der Waals surface area contributed by atoms with Crippen LogP contribution in [0.15, 0.2) is 18.2 Å². The van der Waals surface area contributed by atoms with Gasteiger partial charge in [-0.15, -0.1) is 0 Å². The quantitative estimate of drug-likeness (QED) is 0.864. The van der Waals surface area contributed by atoms with Gasteiger partial charge in [-0.1, -0.05) is 6.07 Å². The van der Waals surface area contributed by atoms with Crippen molar-refractivity contribution in [3.63, 3.8) is 0 Å². The van der Waals surface area contributed by atoms with Crippen molar-refractivity contribution < 1.29 is 13.5 Å². The van der Waals surface area contributed by atoms with Gasteiger partial charge in [-0.3, -0.25) is 0 Å². The van der Waals surface area contributed by atoms with E-state index >= 15 is 0 Å². The van der Waals surface area contributed by atoms with Crippen molar-refractivity contribution in [1.29, 1.82) is 0 Å². The Morgan fingerprint density at radius 3 is 2.65 bits per heavy atom. The van der Waals surface area contributed by atoms with Gasteiger partial charge < -0.3 is 10.5 Å². The molecule has 0 radical (unpaired) electrons. The molecule has 2 rings (SSSR count). The van der Waals surface area contributed by atoms with E-state index in [2.05, 4.69) is 0 Å². The fourth-order valence-electron chi connectivity index (χ4n) is 2.26.